The fourth-order valence-corrected chi connectivity index (χ4v) is 1.06. The van der Waals surface area contributed by atoms with Crippen molar-refractivity contribution in [2.45, 2.75) is 19.8 Å². The van der Waals surface area contributed by atoms with E-state index in [2.05, 4.69) is 9.84 Å². The number of carbonyl (C=O) groups is 1. The summed E-state index contributed by atoms with van der Waals surface area (Å²) in [5.74, 6) is 0.315. The topological polar surface area (TPSA) is 70.1 Å². The highest BCUT2D eigenvalue weighted by atomic mass is 16.5. The van der Waals surface area contributed by atoms with Crippen LogP contribution in [-0.2, 0) is 11.2 Å². The lowest BCUT2D eigenvalue weighted by Crippen LogP contribution is -2.15. The molecule has 0 amide bonds. The molecule has 0 radical (unpaired) electrons. The van der Waals surface area contributed by atoms with Crippen LogP contribution in [0.4, 0.5) is 10.6 Å². The normalized spacial score (nSPS) is 10.0. The summed E-state index contributed by atoms with van der Waals surface area (Å²) in [4.78, 5) is 11.1. The zero-order valence-corrected chi connectivity index (χ0v) is 7.78. The number of nitrogens with zero attached hydrogens (tertiary/aromatic N) is 2. The van der Waals surface area contributed by atoms with Crippen molar-refractivity contribution >= 4 is 11.9 Å². The maximum absolute atomic E-state index is 11.1. The van der Waals surface area contributed by atoms with E-state index in [9.17, 15) is 4.79 Å². The number of rotatable bonds is 2. The molecule has 72 valence electrons. The Kier molecular flexibility index (Phi) is 2.89. The van der Waals surface area contributed by atoms with Gasteiger partial charge in [0.15, 0.2) is 0 Å². The Bertz CT molecular complexity index is 306. The average molecular weight is 183 g/mol. The van der Waals surface area contributed by atoms with Gasteiger partial charge in [0.1, 0.15) is 5.82 Å². The zero-order chi connectivity index (χ0) is 9.84. The zero-order valence-electron chi connectivity index (χ0n) is 7.78. The first-order valence-corrected chi connectivity index (χ1v) is 4.11. The van der Waals surface area contributed by atoms with Gasteiger partial charge < -0.3 is 10.5 Å². The second-order valence-corrected chi connectivity index (χ2v) is 2.69. The molecule has 13 heavy (non-hydrogen) atoms. The second kappa shape index (κ2) is 3.93. The number of nitrogen functional groups attached to an aromatic ring is 1. The van der Waals surface area contributed by atoms with Crippen LogP contribution >= 0.6 is 0 Å². The molecule has 0 aliphatic heterocycles. The highest BCUT2D eigenvalue weighted by Crippen LogP contribution is 2.08. The molecule has 0 aromatic carbocycles. The van der Waals surface area contributed by atoms with Gasteiger partial charge in [0, 0.05) is 6.07 Å². The van der Waals surface area contributed by atoms with Crippen LogP contribution in [-0.4, -0.2) is 23.0 Å². The van der Waals surface area contributed by atoms with Gasteiger partial charge in [0.25, 0.3) is 0 Å². The molecule has 0 aliphatic rings. The van der Waals surface area contributed by atoms with Gasteiger partial charge in [-0.2, -0.15) is 5.10 Å². The van der Waals surface area contributed by atoms with Gasteiger partial charge in [0.05, 0.1) is 12.8 Å². The molecule has 0 spiro atoms. The minimum atomic E-state index is -0.556. The number of carbonyl (C=O) groups excluding carboxylic acids is 1. The number of aryl methyl sites for hydroxylation is 1. The molecule has 2 N–H and O–H groups in total. The van der Waals surface area contributed by atoms with Crippen LogP contribution in [0.15, 0.2) is 6.07 Å². The highest BCUT2D eigenvalue weighted by molar-refractivity contribution is 5.73. The summed E-state index contributed by atoms with van der Waals surface area (Å²) >= 11 is 0. The van der Waals surface area contributed by atoms with Crippen LogP contribution in [0.2, 0.25) is 0 Å². The second-order valence-electron chi connectivity index (χ2n) is 2.69. The fraction of sp³-hybridized carbons (Fsp3) is 0.500. The predicted octanol–water partition coefficient (Wildman–Crippen LogP) is 1.03. The highest BCUT2D eigenvalue weighted by Gasteiger charge is 2.11. The monoisotopic (exact) mass is 183 g/mol. The molecule has 0 unspecified atom stereocenters. The van der Waals surface area contributed by atoms with Crippen molar-refractivity contribution in [3.05, 3.63) is 11.8 Å². The molecule has 0 saturated heterocycles. The van der Waals surface area contributed by atoms with Crippen molar-refractivity contribution in [2.24, 2.45) is 0 Å². The molecule has 1 aromatic rings. The summed E-state index contributed by atoms with van der Waals surface area (Å²) in [6.07, 6.45) is 1.23. The van der Waals surface area contributed by atoms with Crippen LogP contribution < -0.4 is 5.73 Å². The number of hydrogen-bond donors (Lipinski definition) is 1. The van der Waals surface area contributed by atoms with Crippen molar-refractivity contribution in [3.63, 3.8) is 0 Å². The Hall–Kier alpha value is -1.52. The van der Waals surface area contributed by atoms with Crippen molar-refractivity contribution in [3.8, 4) is 0 Å². The first kappa shape index (κ1) is 9.57. The number of nitrogens with two attached hydrogens (primary N) is 1. The van der Waals surface area contributed by atoms with E-state index in [1.54, 1.807) is 6.07 Å². The minimum absolute atomic E-state index is 0.315. The van der Waals surface area contributed by atoms with Crippen molar-refractivity contribution < 1.29 is 9.53 Å². The van der Waals surface area contributed by atoms with Crippen LogP contribution in [0.5, 0.6) is 0 Å². The van der Waals surface area contributed by atoms with Gasteiger partial charge in [0.2, 0.25) is 0 Å². The molecule has 1 aromatic heterocycles. The molecular formula is C8H13N3O2. The van der Waals surface area contributed by atoms with Crippen LogP contribution in [0.25, 0.3) is 0 Å². The Balaban J connectivity index is 2.89. The third-order valence-corrected chi connectivity index (χ3v) is 1.64. The Morgan fingerprint density at radius 3 is 3.00 bits per heavy atom. The first-order valence-electron chi connectivity index (χ1n) is 4.11. The maximum Gasteiger partial charge on any atom is 0.436 e. The number of hydrogen-bond acceptors (Lipinski definition) is 4. The lowest BCUT2D eigenvalue weighted by atomic mass is 10.2. The Morgan fingerprint density at radius 2 is 2.46 bits per heavy atom. The van der Waals surface area contributed by atoms with Gasteiger partial charge in [-0.15, -0.1) is 4.68 Å². The van der Waals surface area contributed by atoms with Gasteiger partial charge in [-0.1, -0.05) is 13.3 Å². The van der Waals surface area contributed by atoms with E-state index in [1.807, 2.05) is 6.92 Å². The first-order chi connectivity index (χ1) is 6.19. The summed E-state index contributed by atoms with van der Waals surface area (Å²) in [7, 11) is 1.29. The molecule has 0 fully saturated rings. The summed E-state index contributed by atoms with van der Waals surface area (Å²) in [6, 6.07) is 1.68. The molecule has 5 nitrogen and oxygen atoms in total. The molecular weight excluding hydrogens is 170 g/mol. The van der Waals surface area contributed by atoms with E-state index in [0.29, 0.717) is 5.82 Å². The van der Waals surface area contributed by atoms with E-state index >= 15 is 0 Å². The fourth-order valence-electron chi connectivity index (χ4n) is 1.06. The number of ether oxygens (including phenoxy) is 1. The molecule has 0 bridgehead atoms. The summed E-state index contributed by atoms with van der Waals surface area (Å²) < 4.78 is 5.55. The van der Waals surface area contributed by atoms with Crippen LogP contribution in [0, 0.1) is 0 Å². The molecule has 0 saturated carbocycles. The van der Waals surface area contributed by atoms with E-state index in [0.717, 1.165) is 23.2 Å². The van der Waals surface area contributed by atoms with Crippen LogP contribution in [0.3, 0.4) is 0 Å². The van der Waals surface area contributed by atoms with Crippen molar-refractivity contribution in [1.29, 1.82) is 0 Å². The number of methoxy groups -OCH3 is 1. The molecule has 1 rings (SSSR count). The Morgan fingerprint density at radius 1 is 1.77 bits per heavy atom. The molecule has 1 heterocycles. The van der Waals surface area contributed by atoms with Gasteiger partial charge in [-0.05, 0) is 6.42 Å². The van der Waals surface area contributed by atoms with Crippen molar-refractivity contribution in [1.82, 2.24) is 9.78 Å². The van der Waals surface area contributed by atoms with Gasteiger partial charge in [-0.3, -0.25) is 0 Å². The SMILES string of the molecule is CCCc1cc(N)n(C(=O)OC)n1. The average Bonchev–Trinajstić information content (AvgIpc) is 2.46. The largest absolute Gasteiger partial charge is 0.451 e. The third kappa shape index (κ3) is 1.99. The summed E-state index contributed by atoms with van der Waals surface area (Å²) in [5.41, 5.74) is 6.36. The molecule has 0 aliphatic carbocycles. The lowest BCUT2D eigenvalue weighted by molar-refractivity contribution is 0.169. The lowest BCUT2D eigenvalue weighted by Gasteiger charge is -1.98. The summed E-state index contributed by atoms with van der Waals surface area (Å²) in [5, 5.41) is 3.99. The van der Waals surface area contributed by atoms with Crippen LogP contribution in [0.1, 0.15) is 19.0 Å². The van der Waals surface area contributed by atoms with E-state index < -0.39 is 6.09 Å². The molecule has 5 heteroatoms. The standard InChI is InChI=1S/C8H13N3O2/c1-3-4-6-5-7(9)11(10-6)8(12)13-2/h5H,3-4,9H2,1-2H3. The van der Waals surface area contributed by atoms with E-state index in [1.165, 1.54) is 7.11 Å². The predicted molar refractivity (Wildman–Crippen MR) is 48.4 cm³/mol. The number of aromatic nitrogens is 2. The third-order valence-electron chi connectivity index (χ3n) is 1.64. The quantitative estimate of drug-likeness (QED) is 0.743. The Labute approximate surface area is 76.5 Å². The van der Waals surface area contributed by atoms with Gasteiger partial charge >= 0.3 is 6.09 Å². The summed E-state index contributed by atoms with van der Waals surface area (Å²) in [6.45, 7) is 2.04. The smallest absolute Gasteiger partial charge is 0.436 e. The van der Waals surface area contributed by atoms with E-state index in [4.69, 9.17) is 5.73 Å². The van der Waals surface area contributed by atoms with Gasteiger partial charge in [-0.25, -0.2) is 4.79 Å². The maximum atomic E-state index is 11.1. The van der Waals surface area contributed by atoms with Crippen molar-refractivity contribution in [2.75, 3.05) is 12.8 Å². The number of anilines is 1. The minimum Gasteiger partial charge on any atom is -0.451 e. The molecule has 0 atom stereocenters. The van der Waals surface area contributed by atoms with E-state index in [-0.39, 0.29) is 0 Å².